The van der Waals surface area contributed by atoms with E-state index in [0.717, 1.165) is 5.56 Å². The third kappa shape index (κ3) is 2.97. The quantitative estimate of drug-likeness (QED) is 0.494. The molecule has 1 aliphatic heterocycles. The first-order valence-corrected chi connectivity index (χ1v) is 7.18. The number of ether oxygens (including phenoxy) is 2. The molecule has 0 spiro atoms. The van der Waals surface area contributed by atoms with Crippen LogP contribution >= 0.6 is 11.6 Å². The summed E-state index contributed by atoms with van der Waals surface area (Å²) < 4.78 is 10.9. The Labute approximate surface area is 132 Å². The van der Waals surface area contributed by atoms with Crippen LogP contribution in [0.5, 0.6) is 11.5 Å². The Balaban J connectivity index is 1.67. The highest BCUT2D eigenvalue weighted by Gasteiger charge is 2.30. The summed E-state index contributed by atoms with van der Waals surface area (Å²) >= 11 is 5.92. The van der Waals surface area contributed by atoms with E-state index in [0.29, 0.717) is 28.5 Å². The molecule has 0 aromatic heterocycles. The van der Waals surface area contributed by atoms with Crippen molar-refractivity contribution in [2.45, 2.75) is 19.4 Å². The lowest BCUT2D eigenvalue weighted by Crippen LogP contribution is -2.29. The second-order valence-electron chi connectivity index (χ2n) is 5.06. The van der Waals surface area contributed by atoms with Gasteiger partial charge in [0, 0.05) is 17.0 Å². The molecule has 0 aliphatic carbocycles. The fourth-order valence-corrected chi connectivity index (χ4v) is 2.48. The lowest BCUT2D eigenvalue weighted by Gasteiger charge is -2.10. The first-order valence-electron chi connectivity index (χ1n) is 6.81. The Morgan fingerprint density at radius 3 is 2.59 bits per heavy atom. The van der Waals surface area contributed by atoms with Gasteiger partial charge in [0.1, 0.15) is 11.5 Å². The minimum atomic E-state index is -0.680. The predicted octanol–water partition coefficient (Wildman–Crippen LogP) is 3.45. The van der Waals surface area contributed by atoms with Gasteiger partial charge in [0.05, 0.1) is 0 Å². The van der Waals surface area contributed by atoms with E-state index in [9.17, 15) is 9.59 Å². The third-order valence-electron chi connectivity index (χ3n) is 3.44. The van der Waals surface area contributed by atoms with Crippen LogP contribution in [0.2, 0.25) is 5.02 Å². The van der Waals surface area contributed by atoms with Gasteiger partial charge in [0.2, 0.25) is 0 Å². The van der Waals surface area contributed by atoms with Gasteiger partial charge in [-0.15, -0.1) is 0 Å². The van der Waals surface area contributed by atoms with Crippen LogP contribution in [0, 0.1) is 0 Å². The van der Waals surface area contributed by atoms with Crippen molar-refractivity contribution in [1.29, 1.82) is 0 Å². The lowest BCUT2D eigenvalue weighted by molar-refractivity contribution is -0.141. The molecule has 112 valence electrons. The molecule has 1 aliphatic rings. The highest BCUT2D eigenvalue weighted by atomic mass is 35.5. The van der Waals surface area contributed by atoms with Crippen LogP contribution in [0.15, 0.2) is 42.5 Å². The number of fused-ring (bicyclic) bond motifs is 1. The van der Waals surface area contributed by atoms with Gasteiger partial charge in [-0.3, -0.25) is 4.79 Å². The van der Waals surface area contributed by atoms with Crippen molar-refractivity contribution in [2.24, 2.45) is 0 Å². The van der Waals surface area contributed by atoms with Crippen molar-refractivity contribution in [2.75, 3.05) is 0 Å². The monoisotopic (exact) mass is 316 g/mol. The summed E-state index contributed by atoms with van der Waals surface area (Å²) in [4.78, 5) is 23.3. The van der Waals surface area contributed by atoms with Crippen molar-refractivity contribution in [3.8, 4) is 11.5 Å². The Hall–Kier alpha value is -2.33. The maximum Gasteiger partial charge on any atom is 0.353 e. The molecule has 5 heteroatoms. The Morgan fingerprint density at radius 1 is 1.18 bits per heavy atom. The summed E-state index contributed by atoms with van der Waals surface area (Å²) in [5, 5.41) is 0.608. The number of carbonyl (C=O) groups excluding carboxylic acids is 2. The molecule has 0 unspecified atom stereocenters. The smallest absolute Gasteiger partial charge is 0.353 e. The van der Waals surface area contributed by atoms with Crippen LogP contribution in [-0.4, -0.2) is 17.9 Å². The largest absolute Gasteiger partial charge is 0.478 e. The van der Waals surface area contributed by atoms with E-state index in [4.69, 9.17) is 21.1 Å². The molecular weight excluding hydrogens is 304 g/mol. The number of hydrogen-bond acceptors (Lipinski definition) is 4. The summed E-state index contributed by atoms with van der Waals surface area (Å²) in [5.74, 6) is 0.526. The van der Waals surface area contributed by atoms with Gasteiger partial charge < -0.3 is 9.47 Å². The Bertz CT molecular complexity index is 737. The van der Waals surface area contributed by atoms with Crippen molar-refractivity contribution >= 4 is 23.4 Å². The lowest BCUT2D eigenvalue weighted by atomic mass is 10.1. The van der Waals surface area contributed by atoms with Crippen LogP contribution in [0.4, 0.5) is 0 Å². The van der Waals surface area contributed by atoms with Gasteiger partial charge in [-0.2, -0.15) is 0 Å². The molecule has 2 aromatic carbocycles. The second kappa shape index (κ2) is 5.81. The van der Waals surface area contributed by atoms with E-state index in [2.05, 4.69) is 0 Å². The van der Waals surface area contributed by atoms with E-state index in [1.807, 2.05) is 0 Å². The molecule has 1 atom stereocenters. The minimum absolute atomic E-state index is 0.0377. The van der Waals surface area contributed by atoms with Gasteiger partial charge in [0.15, 0.2) is 11.9 Å². The topological polar surface area (TPSA) is 52.6 Å². The number of Topliss-reactive ketones (excluding diaryl/α,β-unsaturated/α-hetero) is 1. The SMILES string of the molecule is CC(=O)c1ccc(OC(=O)[C@@H]2Cc3cc(Cl)ccc3O2)cc1. The van der Waals surface area contributed by atoms with E-state index < -0.39 is 12.1 Å². The van der Waals surface area contributed by atoms with Gasteiger partial charge in [-0.1, -0.05) is 11.6 Å². The molecule has 4 nitrogen and oxygen atoms in total. The van der Waals surface area contributed by atoms with E-state index >= 15 is 0 Å². The zero-order valence-electron chi connectivity index (χ0n) is 11.8. The van der Waals surface area contributed by atoms with E-state index in [-0.39, 0.29) is 5.78 Å². The highest BCUT2D eigenvalue weighted by Crippen LogP contribution is 2.31. The molecule has 0 fully saturated rings. The van der Waals surface area contributed by atoms with Crippen LogP contribution < -0.4 is 9.47 Å². The van der Waals surface area contributed by atoms with Gasteiger partial charge in [0.25, 0.3) is 0 Å². The molecule has 0 bridgehead atoms. The molecule has 0 N–H and O–H groups in total. The number of rotatable bonds is 3. The van der Waals surface area contributed by atoms with Crippen LogP contribution in [-0.2, 0) is 11.2 Å². The van der Waals surface area contributed by atoms with Crippen LogP contribution in [0.3, 0.4) is 0 Å². The Kier molecular flexibility index (Phi) is 3.86. The third-order valence-corrected chi connectivity index (χ3v) is 3.67. The number of benzene rings is 2. The van der Waals surface area contributed by atoms with E-state index in [1.165, 1.54) is 6.92 Å². The molecule has 3 rings (SSSR count). The van der Waals surface area contributed by atoms with Crippen LogP contribution in [0.25, 0.3) is 0 Å². The summed E-state index contributed by atoms with van der Waals surface area (Å²) in [6, 6.07) is 11.7. The van der Waals surface area contributed by atoms with Crippen molar-refractivity contribution < 1.29 is 19.1 Å². The summed E-state index contributed by atoms with van der Waals surface area (Å²) in [6.07, 6.45) is -0.249. The second-order valence-corrected chi connectivity index (χ2v) is 5.50. The molecule has 1 heterocycles. The molecule has 0 saturated carbocycles. The summed E-state index contributed by atoms with van der Waals surface area (Å²) in [7, 11) is 0. The summed E-state index contributed by atoms with van der Waals surface area (Å²) in [5.41, 5.74) is 1.46. The van der Waals surface area contributed by atoms with Gasteiger partial charge in [-0.25, -0.2) is 4.79 Å². The Morgan fingerprint density at radius 2 is 1.91 bits per heavy atom. The van der Waals surface area contributed by atoms with Crippen molar-refractivity contribution in [3.63, 3.8) is 0 Å². The average Bonchev–Trinajstić information content (AvgIpc) is 2.91. The predicted molar refractivity (Wildman–Crippen MR) is 81.7 cm³/mol. The highest BCUT2D eigenvalue weighted by molar-refractivity contribution is 6.30. The normalized spacial score (nSPS) is 15.8. The average molecular weight is 317 g/mol. The fourth-order valence-electron chi connectivity index (χ4n) is 2.29. The number of esters is 1. The number of ketones is 1. The maximum absolute atomic E-state index is 12.1. The number of hydrogen-bond donors (Lipinski definition) is 0. The maximum atomic E-state index is 12.1. The first-order chi connectivity index (χ1) is 10.5. The minimum Gasteiger partial charge on any atom is -0.478 e. The fraction of sp³-hybridized carbons (Fsp3) is 0.176. The van der Waals surface area contributed by atoms with Gasteiger partial charge in [-0.05, 0) is 55.0 Å². The first kappa shape index (κ1) is 14.6. The van der Waals surface area contributed by atoms with Crippen molar-refractivity contribution in [1.82, 2.24) is 0 Å². The molecule has 0 amide bonds. The van der Waals surface area contributed by atoms with Crippen LogP contribution in [0.1, 0.15) is 22.8 Å². The molecular formula is C17H13ClO4. The zero-order chi connectivity index (χ0) is 15.7. The van der Waals surface area contributed by atoms with E-state index in [1.54, 1.807) is 42.5 Å². The molecule has 22 heavy (non-hydrogen) atoms. The van der Waals surface area contributed by atoms with Crippen molar-refractivity contribution in [3.05, 3.63) is 58.6 Å². The number of carbonyl (C=O) groups is 2. The van der Waals surface area contributed by atoms with Gasteiger partial charge >= 0.3 is 5.97 Å². The zero-order valence-corrected chi connectivity index (χ0v) is 12.6. The summed E-state index contributed by atoms with van der Waals surface area (Å²) in [6.45, 7) is 1.48. The molecule has 0 saturated heterocycles. The standard InChI is InChI=1S/C17H13ClO4/c1-10(19)11-2-5-14(6-3-11)21-17(20)16-9-12-8-13(18)4-7-15(12)22-16/h2-8,16H,9H2,1H3/t16-/m0/s1. The number of halogens is 1. The molecule has 2 aromatic rings. The molecule has 0 radical (unpaired) electrons.